The minimum Gasteiger partial charge on any atom is -0.493 e. The highest BCUT2D eigenvalue weighted by molar-refractivity contribution is 9.10. The lowest BCUT2D eigenvalue weighted by Crippen LogP contribution is -2.26. The minimum atomic E-state index is -0.567. The summed E-state index contributed by atoms with van der Waals surface area (Å²) in [5.41, 5.74) is 3.12. The van der Waals surface area contributed by atoms with Gasteiger partial charge in [0, 0.05) is 30.7 Å². The Morgan fingerprint density at radius 3 is 2.68 bits per heavy atom. The van der Waals surface area contributed by atoms with Gasteiger partial charge < -0.3 is 14.8 Å². The predicted molar refractivity (Wildman–Crippen MR) is 118 cm³/mol. The van der Waals surface area contributed by atoms with Crippen molar-refractivity contribution in [2.24, 2.45) is 5.10 Å². The molecule has 0 spiro atoms. The average molecular weight is 493 g/mol. The van der Waals surface area contributed by atoms with Crippen molar-refractivity contribution in [1.82, 2.24) is 10.7 Å². The van der Waals surface area contributed by atoms with Crippen LogP contribution in [0, 0.1) is 10.1 Å². The van der Waals surface area contributed by atoms with Crippen molar-refractivity contribution in [2.45, 2.75) is 12.8 Å². The van der Waals surface area contributed by atoms with E-state index in [2.05, 4.69) is 31.8 Å². The van der Waals surface area contributed by atoms with Crippen LogP contribution in [0.3, 0.4) is 0 Å². The van der Waals surface area contributed by atoms with Crippen LogP contribution in [0.25, 0.3) is 0 Å². The monoisotopic (exact) mass is 492 g/mol. The van der Waals surface area contributed by atoms with E-state index in [0.29, 0.717) is 28.0 Å². The van der Waals surface area contributed by atoms with Crippen LogP contribution in [0.5, 0.6) is 11.5 Å². The van der Waals surface area contributed by atoms with E-state index < -0.39 is 10.8 Å². The number of hydrogen-bond acceptors (Lipinski definition) is 7. The van der Waals surface area contributed by atoms with E-state index in [1.165, 1.54) is 44.7 Å². The number of benzene rings is 2. The Labute approximate surface area is 186 Å². The molecule has 2 amide bonds. The molecule has 0 saturated carbocycles. The molecule has 10 nitrogen and oxygen atoms in total. The zero-order valence-electron chi connectivity index (χ0n) is 16.9. The number of rotatable bonds is 10. The van der Waals surface area contributed by atoms with Crippen LogP contribution in [0.1, 0.15) is 28.8 Å². The summed E-state index contributed by atoms with van der Waals surface area (Å²) in [4.78, 5) is 34.1. The number of nitro benzene ring substituents is 1. The van der Waals surface area contributed by atoms with Gasteiger partial charge in [-0.25, -0.2) is 5.43 Å². The largest absolute Gasteiger partial charge is 0.493 e. The zero-order chi connectivity index (χ0) is 22.8. The molecule has 0 atom stereocenters. The quantitative estimate of drug-likeness (QED) is 0.226. The molecule has 0 heterocycles. The number of nitrogens with one attached hydrogen (secondary N) is 2. The van der Waals surface area contributed by atoms with Crippen molar-refractivity contribution in [1.29, 1.82) is 0 Å². The molecule has 0 aliphatic heterocycles. The molecule has 0 aliphatic rings. The molecule has 2 N–H and O–H groups in total. The van der Waals surface area contributed by atoms with Crippen molar-refractivity contribution in [2.75, 3.05) is 20.8 Å². The first kappa shape index (κ1) is 23.8. The fourth-order valence-electron chi connectivity index (χ4n) is 2.56. The Morgan fingerprint density at radius 2 is 2.00 bits per heavy atom. The number of carbonyl (C=O) groups is 2. The fourth-order valence-corrected chi connectivity index (χ4v) is 3.18. The van der Waals surface area contributed by atoms with Gasteiger partial charge in [-0.3, -0.25) is 19.7 Å². The highest BCUT2D eigenvalue weighted by Crippen LogP contribution is 2.35. The second-order valence-electron chi connectivity index (χ2n) is 6.20. The van der Waals surface area contributed by atoms with E-state index >= 15 is 0 Å². The number of hydrogen-bond donors (Lipinski definition) is 2. The van der Waals surface area contributed by atoms with Gasteiger partial charge >= 0.3 is 0 Å². The van der Waals surface area contributed by atoms with Gasteiger partial charge in [0.2, 0.25) is 5.91 Å². The summed E-state index contributed by atoms with van der Waals surface area (Å²) >= 11 is 3.38. The van der Waals surface area contributed by atoms with Gasteiger partial charge in [-0.2, -0.15) is 5.10 Å². The molecule has 0 fully saturated rings. The van der Waals surface area contributed by atoms with E-state index in [4.69, 9.17) is 9.47 Å². The lowest BCUT2D eigenvalue weighted by Gasteiger charge is -2.10. The third-order valence-corrected chi connectivity index (χ3v) is 4.63. The van der Waals surface area contributed by atoms with Gasteiger partial charge in [0.05, 0.1) is 29.8 Å². The molecule has 2 rings (SSSR count). The molecule has 164 valence electrons. The van der Waals surface area contributed by atoms with Crippen molar-refractivity contribution in [3.63, 3.8) is 0 Å². The Hall–Kier alpha value is -3.47. The van der Waals surface area contributed by atoms with E-state index in [0.717, 1.165) is 0 Å². The zero-order valence-corrected chi connectivity index (χ0v) is 18.5. The Morgan fingerprint density at radius 1 is 1.23 bits per heavy atom. The lowest BCUT2D eigenvalue weighted by molar-refractivity contribution is -0.384. The number of nitrogens with zero attached hydrogens (tertiary/aromatic N) is 2. The second kappa shape index (κ2) is 11.6. The number of nitro groups is 1. The first-order chi connectivity index (χ1) is 14.8. The van der Waals surface area contributed by atoms with Crippen molar-refractivity contribution >= 4 is 39.6 Å². The maximum Gasteiger partial charge on any atom is 0.270 e. The summed E-state index contributed by atoms with van der Waals surface area (Å²) in [6.07, 6.45) is 1.99. The normalized spacial score (nSPS) is 10.5. The second-order valence-corrected chi connectivity index (χ2v) is 7.05. The smallest absolute Gasteiger partial charge is 0.270 e. The number of methoxy groups -OCH3 is 2. The minimum absolute atomic E-state index is 0.141. The van der Waals surface area contributed by atoms with Gasteiger partial charge in [-0.05, 0) is 46.1 Å². The molecule has 2 aromatic rings. The topological polar surface area (TPSA) is 132 Å². The van der Waals surface area contributed by atoms with Gasteiger partial charge in [-0.15, -0.1) is 0 Å². The standard InChI is InChI=1S/C20H21BrN4O6/c1-30-17-10-13(9-16(21)19(17)31-2)12-23-24-18(26)7-4-8-22-20(27)14-5-3-6-15(11-14)25(28)29/h3,5-6,9-12H,4,7-8H2,1-2H3,(H,22,27)(H,24,26). The van der Waals surface area contributed by atoms with Crippen LogP contribution in [-0.4, -0.2) is 43.7 Å². The Balaban J connectivity index is 1.77. The number of amides is 2. The molecule has 11 heteroatoms. The number of halogens is 1. The van der Waals surface area contributed by atoms with Gasteiger partial charge in [0.15, 0.2) is 11.5 Å². The summed E-state index contributed by atoms with van der Waals surface area (Å²) in [5, 5.41) is 17.3. The van der Waals surface area contributed by atoms with Gasteiger partial charge in [0.25, 0.3) is 11.6 Å². The molecule has 0 saturated heterocycles. The summed E-state index contributed by atoms with van der Waals surface area (Å²) < 4.78 is 11.2. The molecular formula is C20H21BrN4O6. The molecule has 0 unspecified atom stereocenters. The van der Waals surface area contributed by atoms with Crippen LogP contribution in [0.15, 0.2) is 46.0 Å². The summed E-state index contributed by atoms with van der Waals surface area (Å²) in [7, 11) is 3.05. The van der Waals surface area contributed by atoms with Crippen molar-refractivity contribution < 1.29 is 24.0 Å². The summed E-state index contributed by atoms with van der Waals surface area (Å²) in [6.45, 7) is 0.237. The van der Waals surface area contributed by atoms with Crippen LogP contribution in [0.4, 0.5) is 5.69 Å². The average Bonchev–Trinajstić information content (AvgIpc) is 2.76. The first-order valence-corrected chi connectivity index (χ1v) is 9.91. The van der Waals surface area contributed by atoms with Crippen LogP contribution in [-0.2, 0) is 4.79 Å². The maximum absolute atomic E-state index is 12.0. The maximum atomic E-state index is 12.0. The van der Waals surface area contributed by atoms with E-state index in [9.17, 15) is 19.7 Å². The molecule has 0 radical (unpaired) electrons. The van der Waals surface area contributed by atoms with Crippen LogP contribution >= 0.6 is 15.9 Å². The lowest BCUT2D eigenvalue weighted by atomic mass is 10.2. The van der Waals surface area contributed by atoms with E-state index in [-0.39, 0.29) is 30.1 Å². The number of non-ortho nitro benzene ring substituents is 1. The summed E-state index contributed by atoms with van der Waals surface area (Å²) in [5.74, 6) is 0.307. The van der Waals surface area contributed by atoms with Gasteiger partial charge in [0.1, 0.15) is 0 Å². The highest BCUT2D eigenvalue weighted by atomic mass is 79.9. The Bertz CT molecular complexity index is 996. The fraction of sp³-hybridized carbons (Fsp3) is 0.250. The molecular weight excluding hydrogens is 472 g/mol. The van der Waals surface area contributed by atoms with Crippen molar-refractivity contribution in [3.8, 4) is 11.5 Å². The highest BCUT2D eigenvalue weighted by Gasteiger charge is 2.12. The summed E-state index contributed by atoms with van der Waals surface area (Å²) in [6, 6.07) is 8.90. The van der Waals surface area contributed by atoms with E-state index in [1.807, 2.05) is 0 Å². The molecule has 0 aliphatic carbocycles. The molecule has 2 aromatic carbocycles. The Kier molecular flexibility index (Phi) is 8.94. The third-order valence-electron chi connectivity index (χ3n) is 4.04. The van der Waals surface area contributed by atoms with E-state index in [1.54, 1.807) is 12.1 Å². The number of ether oxygens (including phenoxy) is 2. The van der Waals surface area contributed by atoms with Gasteiger partial charge in [-0.1, -0.05) is 6.07 Å². The molecule has 0 aromatic heterocycles. The molecule has 31 heavy (non-hydrogen) atoms. The van der Waals surface area contributed by atoms with Crippen LogP contribution < -0.4 is 20.2 Å². The van der Waals surface area contributed by atoms with Crippen LogP contribution in [0.2, 0.25) is 0 Å². The number of hydrazone groups is 1. The van der Waals surface area contributed by atoms with Crippen molar-refractivity contribution in [3.05, 3.63) is 62.1 Å². The SMILES string of the molecule is COc1cc(C=NNC(=O)CCCNC(=O)c2cccc([N+](=O)[O-])c2)cc(Br)c1OC. The molecule has 0 bridgehead atoms. The first-order valence-electron chi connectivity index (χ1n) is 9.11. The third kappa shape index (κ3) is 7.07. The number of carbonyl (C=O) groups excluding carboxylic acids is 2. The predicted octanol–water partition coefficient (Wildman–Crippen LogP) is 3.03.